The van der Waals surface area contributed by atoms with E-state index in [1.165, 1.54) is 0 Å². The van der Waals surface area contributed by atoms with Gasteiger partial charge in [0.25, 0.3) is 0 Å². The minimum absolute atomic E-state index is 0.0820. The molecule has 0 saturated carbocycles. The first kappa shape index (κ1) is 18.4. The van der Waals surface area contributed by atoms with Gasteiger partial charge in [-0.05, 0) is 33.6 Å². The molecule has 19 heavy (non-hydrogen) atoms. The predicted octanol–water partition coefficient (Wildman–Crippen LogP) is 1.75. The largest absolute Gasteiger partial charge is 0.382 e. The fourth-order valence-corrected chi connectivity index (χ4v) is 1.43. The Morgan fingerprint density at radius 2 is 1.84 bits per heavy atom. The van der Waals surface area contributed by atoms with E-state index in [0.717, 1.165) is 26.1 Å². The van der Waals surface area contributed by atoms with E-state index in [9.17, 15) is 4.79 Å². The number of rotatable bonds is 13. The number of unbranched alkanes of at least 4 members (excludes halogenated alkanes) is 1. The standard InChI is InChI=1S/C14H29NO4/c1-4-17-9-6-5-7-14(16)15-8-10-18-11-12-19-13(2)3/h13H,4-12H2,1-3H3,(H,15,16). The van der Waals surface area contributed by atoms with Crippen LogP contribution in [0.15, 0.2) is 0 Å². The van der Waals surface area contributed by atoms with Crippen molar-refractivity contribution in [2.45, 2.75) is 46.1 Å². The summed E-state index contributed by atoms with van der Waals surface area (Å²) in [6.45, 7) is 9.70. The van der Waals surface area contributed by atoms with E-state index >= 15 is 0 Å². The number of carbonyl (C=O) groups is 1. The highest BCUT2D eigenvalue weighted by atomic mass is 16.5. The van der Waals surface area contributed by atoms with Crippen molar-refractivity contribution in [1.82, 2.24) is 5.32 Å². The number of hydrogen-bond donors (Lipinski definition) is 1. The highest BCUT2D eigenvalue weighted by molar-refractivity contribution is 5.75. The molecule has 5 heteroatoms. The van der Waals surface area contributed by atoms with Crippen LogP contribution in [0.25, 0.3) is 0 Å². The molecule has 0 aliphatic heterocycles. The number of hydrogen-bond acceptors (Lipinski definition) is 4. The molecular formula is C14H29NO4. The molecule has 0 rings (SSSR count). The van der Waals surface area contributed by atoms with E-state index in [1.807, 2.05) is 20.8 Å². The maximum Gasteiger partial charge on any atom is 0.220 e. The maximum absolute atomic E-state index is 11.4. The highest BCUT2D eigenvalue weighted by Gasteiger charge is 2.00. The summed E-state index contributed by atoms with van der Waals surface area (Å²) in [5, 5.41) is 2.83. The minimum Gasteiger partial charge on any atom is -0.382 e. The van der Waals surface area contributed by atoms with Crippen LogP contribution in [0.3, 0.4) is 0 Å². The summed E-state index contributed by atoms with van der Waals surface area (Å²) in [5.41, 5.74) is 0. The van der Waals surface area contributed by atoms with Crippen molar-refractivity contribution >= 4 is 5.91 Å². The average molecular weight is 275 g/mol. The summed E-state index contributed by atoms with van der Waals surface area (Å²) in [6.07, 6.45) is 2.60. The Bertz CT molecular complexity index is 210. The monoisotopic (exact) mass is 275 g/mol. The van der Waals surface area contributed by atoms with Gasteiger partial charge in [-0.3, -0.25) is 4.79 Å². The normalized spacial score (nSPS) is 10.9. The SMILES string of the molecule is CCOCCCCC(=O)NCCOCCOC(C)C. The molecular weight excluding hydrogens is 246 g/mol. The Balaban J connectivity index is 3.16. The number of carbonyl (C=O) groups excluding carboxylic acids is 1. The van der Waals surface area contributed by atoms with Crippen LogP contribution in [-0.2, 0) is 19.0 Å². The van der Waals surface area contributed by atoms with Gasteiger partial charge in [-0.15, -0.1) is 0 Å². The number of amides is 1. The maximum atomic E-state index is 11.4. The van der Waals surface area contributed by atoms with Gasteiger partial charge in [0.1, 0.15) is 0 Å². The van der Waals surface area contributed by atoms with Gasteiger partial charge in [0.05, 0.1) is 25.9 Å². The summed E-state index contributed by atoms with van der Waals surface area (Å²) >= 11 is 0. The van der Waals surface area contributed by atoms with Crippen LogP contribution in [0.5, 0.6) is 0 Å². The topological polar surface area (TPSA) is 56.8 Å². The zero-order valence-electron chi connectivity index (χ0n) is 12.6. The van der Waals surface area contributed by atoms with Crippen LogP contribution >= 0.6 is 0 Å². The van der Waals surface area contributed by atoms with E-state index in [-0.39, 0.29) is 12.0 Å². The number of nitrogens with one attached hydrogen (secondary N) is 1. The fourth-order valence-electron chi connectivity index (χ4n) is 1.43. The molecule has 114 valence electrons. The molecule has 5 nitrogen and oxygen atoms in total. The Labute approximate surface area is 117 Å². The van der Waals surface area contributed by atoms with Crippen molar-refractivity contribution in [3.8, 4) is 0 Å². The zero-order valence-corrected chi connectivity index (χ0v) is 12.6. The third kappa shape index (κ3) is 15.3. The Kier molecular flexibility index (Phi) is 13.3. The van der Waals surface area contributed by atoms with Gasteiger partial charge < -0.3 is 19.5 Å². The minimum atomic E-state index is 0.0820. The molecule has 0 heterocycles. The van der Waals surface area contributed by atoms with Gasteiger partial charge in [0.15, 0.2) is 0 Å². The second-order valence-electron chi connectivity index (χ2n) is 4.54. The van der Waals surface area contributed by atoms with Crippen LogP contribution in [0.4, 0.5) is 0 Å². The molecule has 1 amide bonds. The Morgan fingerprint density at radius 3 is 2.53 bits per heavy atom. The van der Waals surface area contributed by atoms with E-state index in [0.29, 0.717) is 32.8 Å². The number of ether oxygens (including phenoxy) is 3. The summed E-state index contributed by atoms with van der Waals surface area (Å²) in [6, 6.07) is 0. The lowest BCUT2D eigenvalue weighted by Crippen LogP contribution is -2.27. The van der Waals surface area contributed by atoms with Gasteiger partial charge in [-0.25, -0.2) is 0 Å². The molecule has 0 spiro atoms. The molecule has 0 saturated heterocycles. The summed E-state index contributed by atoms with van der Waals surface area (Å²) in [4.78, 5) is 11.4. The highest BCUT2D eigenvalue weighted by Crippen LogP contribution is 1.95. The molecule has 0 aliphatic carbocycles. The molecule has 0 aromatic heterocycles. The first-order valence-corrected chi connectivity index (χ1v) is 7.20. The van der Waals surface area contributed by atoms with Crippen LogP contribution in [0.2, 0.25) is 0 Å². The molecule has 0 aliphatic rings. The molecule has 0 aromatic carbocycles. The second-order valence-corrected chi connectivity index (χ2v) is 4.54. The van der Waals surface area contributed by atoms with Gasteiger partial charge in [-0.2, -0.15) is 0 Å². The molecule has 0 radical (unpaired) electrons. The molecule has 0 bridgehead atoms. The van der Waals surface area contributed by atoms with E-state index in [4.69, 9.17) is 14.2 Å². The molecule has 0 aromatic rings. The van der Waals surface area contributed by atoms with E-state index < -0.39 is 0 Å². The van der Waals surface area contributed by atoms with Crippen molar-refractivity contribution in [3.63, 3.8) is 0 Å². The van der Waals surface area contributed by atoms with Gasteiger partial charge in [0.2, 0.25) is 5.91 Å². The molecule has 0 atom stereocenters. The zero-order chi connectivity index (χ0) is 14.3. The Hall–Kier alpha value is -0.650. The first-order chi connectivity index (χ1) is 9.16. The summed E-state index contributed by atoms with van der Waals surface area (Å²) < 4.78 is 15.9. The first-order valence-electron chi connectivity index (χ1n) is 7.20. The summed E-state index contributed by atoms with van der Waals surface area (Å²) in [5.74, 6) is 0.0820. The van der Waals surface area contributed by atoms with Crippen molar-refractivity contribution in [3.05, 3.63) is 0 Å². The second kappa shape index (κ2) is 13.8. The Morgan fingerprint density at radius 1 is 1.05 bits per heavy atom. The lowest BCUT2D eigenvalue weighted by Gasteiger charge is -2.09. The van der Waals surface area contributed by atoms with Crippen molar-refractivity contribution in [2.75, 3.05) is 39.6 Å². The van der Waals surface area contributed by atoms with E-state index in [2.05, 4.69) is 5.32 Å². The van der Waals surface area contributed by atoms with Gasteiger partial charge in [-0.1, -0.05) is 0 Å². The van der Waals surface area contributed by atoms with Crippen LogP contribution in [-0.4, -0.2) is 51.6 Å². The quantitative estimate of drug-likeness (QED) is 0.520. The molecule has 0 fully saturated rings. The smallest absolute Gasteiger partial charge is 0.220 e. The van der Waals surface area contributed by atoms with Crippen LogP contribution in [0.1, 0.15) is 40.0 Å². The fraction of sp³-hybridized carbons (Fsp3) is 0.929. The predicted molar refractivity (Wildman–Crippen MR) is 75.3 cm³/mol. The lowest BCUT2D eigenvalue weighted by atomic mass is 10.2. The molecule has 1 N–H and O–H groups in total. The van der Waals surface area contributed by atoms with Crippen LogP contribution < -0.4 is 5.32 Å². The van der Waals surface area contributed by atoms with Crippen molar-refractivity contribution < 1.29 is 19.0 Å². The lowest BCUT2D eigenvalue weighted by molar-refractivity contribution is -0.121. The van der Waals surface area contributed by atoms with Crippen molar-refractivity contribution in [2.24, 2.45) is 0 Å². The van der Waals surface area contributed by atoms with Gasteiger partial charge >= 0.3 is 0 Å². The van der Waals surface area contributed by atoms with Crippen molar-refractivity contribution in [1.29, 1.82) is 0 Å². The summed E-state index contributed by atoms with van der Waals surface area (Å²) in [7, 11) is 0. The van der Waals surface area contributed by atoms with E-state index in [1.54, 1.807) is 0 Å². The van der Waals surface area contributed by atoms with Gasteiger partial charge in [0, 0.05) is 26.2 Å². The third-order valence-corrected chi connectivity index (χ3v) is 2.39. The molecule has 0 unspecified atom stereocenters. The van der Waals surface area contributed by atoms with Crippen LogP contribution in [0, 0.1) is 0 Å². The average Bonchev–Trinajstić information content (AvgIpc) is 2.37. The third-order valence-electron chi connectivity index (χ3n) is 2.39.